The number of carbonyl (C=O) groups excluding carboxylic acids is 1. The molecule has 1 N–H and O–H groups in total. The van der Waals surface area contributed by atoms with Crippen molar-refractivity contribution in [3.63, 3.8) is 0 Å². The molecule has 10 heteroatoms. The fourth-order valence-corrected chi connectivity index (χ4v) is 7.89. The summed E-state index contributed by atoms with van der Waals surface area (Å²) in [5, 5.41) is 10.9. The maximum atomic E-state index is 14.6. The Labute approximate surface area is 180 Å². The van der Waals surface area contributed by atoms with E-state index in [1.54, 1.807) is 0 Å². The van der Waals surface area contributed by atoms with Crippen molar-refractivity contribution in [2.24, 2.45) is 29.1 Å². The van der Waals surface area contributed by atoms with Crippen LogP contribution in [0.1, 0.15) is 64.7 Å². The van der Waals surface area contributed by atoms with Gasteiger partial charge in [-0.15, -0.1) is 0 Å². The molecule has 3 fully saturated rings. The fourth-order valence-electron chi connectivity index (χ4n) is 7.89. The molecule has 32 heavy (non-hydrogen) atoms. The van der Waals surface area contributed by atoms with Crippen LogP contribution < -0.4 is 0 Å². The highest BCUT2D eigenvalue weighted by Gasteiger charge is 2.79. The van der Waals surface area contributed by atoms with Crippen LogP contribution in [0.25, 0.3) is 0 Å². The molecule has 2 unspecified atom stereocenters. The quantitative estimate of drug-likeness (QED) is 0.472. The predicted octanol–water partition coefficient (Wildman–Crippen LogP) is 6.38. The van der Waals surface area contributed by atoms with Gasteiger partial charge in [0, 0.05) is 11.8 Å². The van der Waals surface area contributed by atoms with Gasteiger partial charge in [-0.25, -0.2) is 0 Å². The number of Topliss-reactive ketones (excluding diaryl/α,β-unsaturated/α-hetero) is 1. The van der Waals surface area contributed by atoms with Crippen molar-refractivity contribution < 1.29 is 45.0 Å². The minimum Gasteiger partial charge on any atom is -0.383 e. The summed E-state index contributed by atoms with van der Waals surface area (Å²) in [5.74, 6) is -8.01. The molecule has 3 saturated carbocycles. The average molecular weight is 474 g/mol. The maximum Gasteiger partial charge on any atom is 0.456 e. The molecule has 0 heterocycles. The van der Waals surface area contributed by atoms with Gasteiger partial charge in [-0.1, -0.05) is 12.5 Å². The molecule has 0 saturated heterocycles. The van der Waals surface area contributed by atoms with Crippen molar-refractivity contribution in [3.05, 3.63) is 11.1 Å². The maximum absolute atomic E-state index is 14.6. The first-order valence-electron chi connectivity index (χ1n) is 11.1. The van der Waals surface area contributed by atoms with Crippen molar-refractivity contribution in [1.29, 1.82) is 0 Å². The largest absolute Gasteiger partial charge is 0.456 e. The van der Waals surface area contributed by atoms with Gasteiger partial charge in [-0.3, -0.25) is 4.79 Å². The van der Waals surface area contributed by atoms with Crippen molar-refractivity contribution in [2.45, 2.75) is 88.6 Å². The van der Waals surface area contributed by atoms with E-state index < -0.39 is 58.9 Å². The smallest absolute Gasteiger partial charge is 0.383 e. The number of rotatable bonds is 2. The SMILES string of the molecule is CCC12CC[C@H]3[C@@H](CCC4=C(C(F)(F)F)C(=O)CC[C@@H]43)[C@@H]1CCC2(O)C(F)(F)C(F)(F)F. The van der Waals surface area contributed by atoms with Crippen molar-refractivity contribution in [1.82, 2.24) is 0 Å². The van der Waals surface area contributed by atoms with Gasteiger partial charge in [-0.05, 0) is 75.0 Å². The van der Waals surface area contributed by atoms with E-state index >= 15 is 0 Å². The average Bonchev–Trinajstić information content (AvgIpc) is 3.00. The summed E-state index contributed by atoms with van der Waals surface area (Å²) in [7, 11) is 0. The van der Waals surface area contributed by atoms with Crippen LogP contribution in [0.2, 0.25) is 0 Å². The van der Waals surface area contributed by atoms with Gasteiger partial charge < -0.3 is 5.11 Å². The second kappa shape index (κ2) is 7.15. The van der Waals surface area contributed by atoms with E-state index in [0.717, 1.165) is 0 Å². The Kier molecular flexibility index (Phi) is 5.35. The first-order valence-corrected chi connectivity index (χ1v) is 11.1. The molecule has 0 aliphatic heterocycles. The second-order valence-electron chi connectivity index (χ2n) is 9.96. The zero-order valence-electron chi connectivity index (χ0n) is 17.6. The summed E-state index contributed by atoms with van der Waals surface area (Å²) in [6, 6.07) is 0. The summed E-state index contributed by atoms with van der Waals surface area (Å²) in [6.07, 6.45) is -11.2. The molecular weight excluding hydrogens is 448 g/mol. The number of hydrogen-bond acceptors (Lipinski definition) is 2. The molecule has 4 aliphatic carbocycles. The zero-order valence-corrected chi connectivity index (χ0v) is 17.6. The van der Waals surface area contributed by atoms with E-state index in [9.17, 15) is 45.0 Å². The Morgan fingerprint density at radius 3 is 2.12 bits per heavy atom. The monoisotopic (exact) mass is 474 g/mol. The molecule has 0 bridgehead atoms. The molecule has 2 nitrogen and oxygen atoms in total. The first kappa shape index (κ1) is 24.0. The molecule has 0 spiro atoms. The summed E-state index contributed by atoms with van der Waals surface area (Å²) in [4.78, 5) is 12.0. The third-order valence-electron chi connectivity index (χ3n) is 9.12. The van der Waals surface area contributed by atoms with E-state index in [1.807, 2.05) is 0 Å². The number of hydrogen-bond donors (Lipinski definition) is 1. The zero-order chi connectivity index (χ0) is 23.9. The fraction of sp³-hybridized carbons (Fsp3) is 0.864. The number of alkyl halides is 8. The number of aliphatic hydroxyl groups is 1. The van der Waals surface area contributed by atoms with Crippen LogP contribution >= 0.6 is 0 Å². The standard InChI is InChI=1S/C22H26F8O2/c1-2-18-9-7-12-11-5-6-16(31)17(20(23,24)25)14(11)4-3-13(12)15(18)8-10-19(18,32)21(26,27)22(28,29)30/h11-13,15,32H,2-10H2,1H3/t11-,12-,13-,15+,18?,19?/m1/s1. The third kappa shape index (κ3) is 2.96. The van der Waals surface area contributed by atoms with Gasteiger partial charge in [0.2, 0.25) is 0 Å². The van der Waals surface area contributed by atoms with Crippen LogP contribution in [0, 0.1) is 29.1 Å². The number of fused-ring (bicyclic) bond motifs is 5. The van der Waals surface area contributed by atoms with E-state index in [4.69, 9.17) is 0 Å². The highest BCUT2D eigenvalue weighted by molar-refractivity contribution is 5.98. The Bertz CT molecular complexity index is 829. The van der Waals surface area contributed by atoms with Gasteiger partial charge >= 0.3 is 18.3 Å². The van der Waals surface area contributed by atoms with Crippen LogP contribution in [0.15, 0.2) is 11.1 Å². The predicted molar refractivity (Wildman–Crippen MR) is 97.7 cm³/mol. The van der Waals surface area contributed by atoms with Crippen molar-refractivity contribution >= 4 is 5.78 Å². The minimum atomic E-state index is -5.90. The van der Waals surface area contributed by atoms with E-state index in [-0.39, 0.29) is 68.8 Å². The molecule has 0 amide bonds. The van der Waals surface area contributed by atoms with E-state index in [0.29, 0.717) is 0 Å². The molecule has 182 valence electrons. The number of halogens is 8. The third-order valence-corrected chi connectivity index (χ3v) is 9.12. The Morgan fingerprint density at radius 2 is 1.56 bits per heavy atom. The molecule has 4 rings (SSSR count). The lowest BCUT2D eigenvalue weighted by molar-refractivity contribution is -0.365. The highest BCUT2D eigenvalue weighted by Crippen LogP contribution is 2.70. The van der Waals surface area contributed by atoms with Gasteiger partial charge in [0.05, 0.1) is 5.57 Å². The molecule has 4 aliphatic rings. The number of carbonyl (C=O) groups is 1. The second-order valence-corrected chi connectivity index (χ2v) is 9.96. The van der Waals surface area contributed by atoms with Crippen LogP contribution in [0.3, 0.4) is 0 Å². The Morgan fingerprint density at radius 1 is 0.906 bits per heavy atom. The van der Waals surface area contributed by atoms with Crippen LogP contribution in [-0.4, -0.2) is 34.8 Å². The lowest BCUT2D eigenvalue weighted by Crippen LogP contribution is -2.66. The summed E-state index contributed by atoms with van der Waals surface area (Å²) in [6.45, 7) is 1.51. The highest BCUT2D eigenvalue weighted by atomic mass is 19.4. The molecule has 0 aromatic carbocycles. The number of ketones is 1. The molecule has 0 radical (unpaired) electrons. The topological polar surface area (TPSA) is 37.3 Å². The lowest BCUT2D eigenvalue weighted by Gasteiger charge is -2.58. The minimum absolute atomic E-state index is 0.0171. The number of allylic oxidation sites excluding steroid dienone is 1. The van der Waals surface area contributed by atoms with E-state index in [1.165, 1.54) is 6.92 Å². The van der Waals surface area contributed by atoms with Crippen molar-refractivity contribution in [2.75, 3.05) is 0 Å². The van der Waals surface area contributed by atoms with Crippen molar-refractivity contribution in [3.8, 4) is 0 Å². The van der Waals surface area contributed by atoms with Gasteiger partial charge in [0.15, 0.2) is 5.78 Å². The normalized spacial score (nSPS) is 40.8. The van der Waals surface area contributed by atoms with Crippen LogP contribution in [-0.2, 0) is 4.79 Å². The van der Waals surface area contributed by atoms with Gasteiger partial charge in [0.25, 0.3) is 0 Å². The summed E-state index contributed by atoms with van der Waals surface area (Å²) < 4.78 is 110. The van der Waals surface area contributed by atoms with Crippen LogP contribution in [0.5, 0.6) is 0 Å². The summed E-state index contributed by atoms with van der Waals surface area (Å²) in [5.41, 5.74) is -5.90. The van der Waals surface area contributed by atoms with Crippen LogP contribution in [0.4, 0.5) is 35.1 Å². The Hall–Kier alpha value is -1.19. The molecular formula is C22H26F8O2. The van der Waals surface area contributed by atoms with Gasteiger partial charge in [-0.2, -0.15) is 35.1 Å². The molecule has 6 atom stereocenters. The molecule has 0 aromatic heterocycles. The Balaban J connectivity index is 1.72. The summed E-state index contributed by atoms with van der Waals surface area (Å²) >= 11 is 0. The van der Waals surface area contributed by atoms with E-state index in [2.05, 4.69) is 0 Å². The van der Waals surface area contributed by atoms with Gasteiger partial charge in [0.1, 0.15) is 5.60 Å². The first-order chi connectivity index (χ1) is 14.6. The lowest BCUT2D eigenvalue weighted by atomic mass is 9.48. The molecule has 0 aromatic rings.